The molecule has 0 aromatic heterocycles. The molecule has 1 amide bonds. The first kappa shape index (κ1) is 12.3. The van der Waals surface area contributed by atoms with Gasteiger partial charge in [-0.3, -0.25) is 0 Å². The van der Waals surface area contributed by atoms with Gasteiger partial charge in [-0.15, -0.1) is 0 Å². The van der Waals surface area contributed by atoms with Crippen LogP contribution in [0.4, 0.5) is 4.79 Å². The number of hydrogen-bond donors (Lipinski definition) is 1. The van der Waals surface area contributed by atoms with Gasteiger partial charge in [0.05, 0.1) is 12.2 Å². The third kappa shape index (κ3) is 3.70. The molecule has 0 saturated heterocycles. The molecule has 0 aliphatic heterocycles. The van der Waals surface area contributed by atoms with E-state index in [0.717, 1.165) is 25.7 Å². The molecule has 0 spiro atoms. The van der Waals surface area contributed by atoms with Gasteiger partial charge in [-0.1, -0.05) is 0 Å². The van der Waals surface area contributed by atoms with E-state index in [1.165, 1.54) is 0 Å². The van der Waals surface area contributed by atoms with Crippen LogP contribution in [-0.2, 0) is 4.74 Å². The average molecular weight is 215 g/mol. The number of nitrogens with zero attached hydrogens (tertiary/aromatic N) is 1. The second-order valence-electron chi connectivity index (χ2n) is 4.51. The van der Waals surface area contributed by atoms with E-state index in [0.29, 0.717) is 0 Å². The number of carbonyl (C=O) groups excluding carboxylic acids is 1. The van der Waals surface area contributed by atoms with Crippen molar-refractivity contribution in [1.82, 2.24) is 4.90 Å². The van der Waals surface area contributed by atoms with Crippen molar-refractivity contribution in [2.45, 2.75) is 57.8 Å². The molecule has 4 heteroatoms. The Morgan fingerprint density at radius 2 is 1.87 bits per heavy atom. The van der Waals surface area contributed by atoms with E-state index in [9.17, 15) is 9.90 Å². The smallest absolute Gasteiger partial charge is 0.410 e. The van der Waals surface area contributed by atoms with E-state index in [1.807, 2.05) is 13.8 Å². The molecule has 1 aliphatic rings. The molecule has 0 radical (unpaired) electrons. The molecule has 1 saturated carbocycles. The minimum absolute atomic E-state index is 0.0749. The molecule has 0 aromatic rings. The Hall–Kier alpha value is -0.770. The SMILES string of the molecule is CC(C)OC(=O)N(C)C1CCC(O)CC1. The second-order valence-corrected chi connectivity index (χ2v) is 4.51. The van der Waals surface area contributed by atoms with Crippen LogP contribution in [0.1, 0.15) is 39.5 Å². The summed E-state index contributed by atoms with van der Waals surface area (Å²) >= 11 is 0. The molecule has 88 valence electrons. The number of ether oxygens (including phenoxy) is 1. The van der Waals surface area contributed by atoms with Crippen molar-refractivity contribution in [3.05, 3.63) is 0 Å². The van der Waals surface area contributed by atoms with Crippen molar-refractivity contribution in [3.63, 3.8) is 0 Å². The molecule has 1 aliphatic carbocycles. The highest BCUT2D eigenvalue weighted by Crippen LogP contribution is 2.22. The van der Waals surface area contributed by atoms with Crippen LogP contribution in [0.15, 0.2) is 0 Å². The molecule has 1 rings (SSSR count). The summed E-state index contributed by atoms with van der Waals surface area (Å²) in [6.07, 6.45) is 2.78. The van der Waals surface area contributed by atoms with E-state index in [2.05, 4.69) is 0 Å². The van der Waals surface area contributed by atoms with Gasteiger partial charge in [0.25, 0.3) is 0 Å². The van der Waals surface area contributed by atoms with E-state index >= 15 is 0 Å². The number of aliphatic hydroxyl groups is 1. The highest BCUT2D eigenvalue weighted by molar-refractivity contribution is 5.67. The first-order valence-electron chi connectivity index (χ1n) is 5.62. The normalized spacial score (nSPS) is 26.5. The summed E-state index contributed by atoms with van der Waals surface area (Å²) in [6.45, 7) is 3.69. The van der Waals surface area contributed by atoms with Crippen molar-refractivity contribution < 1.29 is 14.6 Å². The summed E-state index contributed by atoms with van der Waals surface area (Å²) in [5, 5.41) is 9.36. The summed E-state index contributed by atoms with van der Waals surface area (Å²) < 4.78 is 5.12. The predicted molar refractivity (Wildman–Crippen MR) is 57.6 cm³/mol. The van der Waals surface area contributed by atoms with Gasteiger partial charge in [-0.25, -0.2) is 4.79 Å². The number of aliphatic hydroxyl groups excluding tert-OH is 1. The molecule has 15 heavy (non-hydrogen) atoms. The van der Waals surface area contributed by atoms with Gasteiger partial charge in [0.2, 0.25) is 0 Å². The molecule has 0 bridgehead atoms. The van der Waals surface area contributed by atoms with E-state index in [4.69, 9.17) is 4.74 Å². The van der Waals surface area contributed by atoms with Crippen LogP contribution in [-0.4, -0.2) is 41.4 Å². The van der Waals surface area contributed by atoms with Gasteiger partial charge in [0, 0.05) is 13.1 Å². The van der Waals surface area contributed by atoms with E-state index < -0.39 is 0 Å². The van der Waals surface area contributed by atoms with Crippen LogP contribution >= 0.6 is 0 Å². The summed E-state index contributed by atoms with van der Waals surface area (Å²) in [5.74, 6) is 0. The maximum atomic E-state index is 11.6. The monoisotopic (exact) mass is 215 g/mol. The largest absolute Gasteiger partial charge is 0.447 e. The van der Waals surface area contributed by atoms with Crippen LogP contribution < -0.4 is 0 Å². The van der Waals surface area contributed by atoms with Gasteiger partial charge in [0.15, 0.2) is 0 Å². The zero-order chi connectivity index (χ0) is 11.4. The Bertz CT molecular complexity index is 210. The standard InChI is InChI=1S/C11H21NO3/c1-8(2)15-11(14)12(3)9-4-6-10(13)7-5-9/h8-10,13H,4-7H2,1-3H3. The lowest BCUT2D eigenvalue weighted by Gasteiger charge is -2.32. The summed E-state index contributed by atoms with van der Waals surface area (Å²) in [6, 6.07) is 0.222. The highest BCUT2D eigenvalue weighted by atomic mass is 16.6. The quantitative estimate of drug-likeness (QED) is 0.763. The Balaban J connectivity index is 2.39. The van der Waals surface area contributed by atoms with Crippen molar-refractivity contribution in [1.29, 1.82) is 0 Å². The molecule has 0 unspecified atom stereocenters. The van der Waals surface area contributed by atoms with Gasteiger partial charge in [0.1, 0.15) is 0 Å². The van der Waals surface area contributed by atoms with E-state index in [-0.39, 0.29) is 24.3 Å². The maximum Gasteiger partial charge on any atom is 0.410 e. The fraction of sp³-hybridized carbons (Fsp3) is 0.909. The first-order valence-corrected chi connectivity index (χ1v) is 5.62. The van der Waals surface area contributed by atoms with Gasteiger partial charge >= 0.3 is 6.09 Å². The van der Waals surface area contributed by atoms with Crippen LogP contribution in [0.5, 0.6) is 0 Å². The van der Waals surface area contributed by atoms with Crippen molar-refractivity contribution in [2.75, 3.05) is 7.05 Å². The lowest BCUT2D eigenvalue weighted by Crippen LogP contribution is -2.41. The van der Waals surface area contributed by atoms with Gasteiger partial charge in [-0.2, -0.15) is 0 Å². The van der Waals surface area contributed by atoms with E-state index in [1.54, 1.807) is 11.9 Å². The minimum Gasteiger partial charge on any atom is -0.447 e. The zero-order valence-electron chi connectivity index (χ0n) is 9.77. The summed E-state index contributed by atoms with van der Waals surface area (Å²) in [7, 11) is 1.77. The lowest BCUT2D eigenvalue weighted by atomic mass is 9.92. The third-order valence-corrected chi connectivity index (χ3v) is 2.84. The Morgan fingerprint density at radius 3 is 2.33 bits per heavy atom. The molecule has 0 heterocycles. The number of amides is 1. The Kier molecular flexibility index (Phi) is 4.39. The predicted octanol–water partition coefficient (Wildman–Crippen LogP) is 1.77. The topological polar surface area (TPSA) is 49.8 Å². The summed E-state index contributed by atoms with van der Waals surface area (Å²) in [5.41, 5.74) is 0. The van der Waals surface area contributed by atoms with Gasteiger partial charge in [-0.05, 0) is 39.5 Å². The fourth-order valence-electron chi connectivity index (χ4n) is 1.88. The minimum atomic E-state index is -0.258. The van der Waals surface area contributed by atoms with Crippen LogP contribution in [0, 0.1) is 0 Å². The molecular formula is C11H21NO3. The third-order valence-electron chi connectivity index (χ3n) is 2.84. The van der Waals surface area contributed by atoms with Crippen molar-refractivity contribution >= 4 is 6.09 Å². The Labute approximate surface area is 91.2 Å². The molecular weight excluding hydrogens is 194 g/mol. The second kappa shape index (κ2) is 5.35. The zero-order valence-corrected chi connectivity index (χ0v) is 9.77. The molecule has 1 fully saturated rings. The number of rotatable bonds is 2. The maximum absolute atomic E-state index is 11.6. The summed E-state index contributed by atoms with van der Waals surface area (Å²) in [4.78, 5) is 13.2. The van der Waals surface area contributed by atoms with Crippen LogP contribution in [0.25, 0.3) is 0 Å². The van der Waals surface area contributed by atoms with Crippen molar-refractivity contribution in [3.8, 4) is 0 Å². The highest BCUT2D eigenvalue weighted by Gasteiger charge is 2.26. The Morgan fingerprint density at radius 1 is 1.33 bits per heavy atom. The van der Waals surface area contributed by atoms with Crippen LogP contribution in [0.2, 0.25) is 0 Å². The lowest BCUT2D eigenvalue weighted by molar-refractivity contribution is 0.0491. The van der Waals surface area contributed by atoms with Crippen molar-refractivity contribution in [2.24, 2.45) is 0 Å². The fourth-order valence-corrected chi connectivity index (χ4v) is 1.88. The molecule has 1 N–H and O–H groups in total. The number of hydrogen-bond acceptors (Lipinski definition) is 3. The first-order chi connectivity index (χ1) is 7.00. The average Bonchev–Trinajstić information content (AvgIpc) is 2.17. The van der Waals surface area contributed by atoms with Crippen LogP contribution in [0.3, 0.4) is 0 Å². The molecule has 4 nitrogen and oxygen atoms in total. The number of carbonyl (C=O) groups is 1. The molecule has 0 aromatic carbocycles. The molecule has 0 atom stereocenters. The van der Waals surface area contributed by atoms with Gasteiger partial charge < -0.3 is 14.7 Å².